The summed E-state index contributed by atoms with van der Waals surface area (Å²) < 4.78 is 70.9. The highest BCUT2D eigenvalue weighted by molar-refractivity contribution is 5.70. The molecule has 2 heterocycles. The zero-order chi connectivity index (χ0) is 22.0. The molecule has 168 valence electrons. The molecule has 0 unspecified atom stereocenters. The summed E-state index contributed by atoms with van der Waals surface area (Å²) in [6.07, 6.45) is -7.37. The van der Waals surface area contributed by atoms with Gasteiger partial charge in [0.15, 0.2) is 0 Å². The van der Waals surface area contributed by atoms with Gasteiger partial charge in [-0.25, -0.2) is 4.79 Å². The standard InChI is InChI=1S/C19H30F3NO6/c1-15(2,3)29-14(24)23-10-11-12(13(19(20,21)22)18(23)8-9-18)28-17(5,26-7)16(4,25-6)27-11/h11-13H,8-10H2,1-7H3/t11-,12+,13-,16+,17+/m1/s1. The molecule has 29 heavy (non-hydrogen) atoms. The Morgan fingerprint density at radius 2 is 1.55 bits per heavy atom. The van der Waals surface area contributed by atoms with Crippen molar-refractivity contribution in [3.8, 4) is 0 Å². The van der Waals surface area contributed by atoms with E-state index in [1.54, 1.807) is 20.8 Å². The van der Waals surface area contributed by atoms with Crippen LogP contribution in [0.3, 0.4) is 0 Å². The van der Waals surface area contributed by atoms with Crippen molar-refractivity contribution >= 4 is 6.09 Å². The first-order chi connectivity index (χ1) is 13.1. The predicted octanol–water partition coefficient (Wildman–Crippen LogP) is 3.46. The Bertz CT molecular complexity index is 661. The van der Waals surface area contributed by atoms with Crippen molar-refractivity contribution in [2.45, 2.75) is 88.6 Å². The second-order valence-electron chi connectivity index (χ2n) is 9.25. The van der Waals surface area contributed by atoms with Crippen LogP contribution in [0.5, 0.6) is 0 Å². The van der Waals surface area contributed by atoms with Gasteiger partial charge in [0.2, 0.25) is 11.6 Å². The number of piperidine rings is 1. The number of hydrogen-bond acceptors (Lipinski definition) is 6. The maximum absolute atomic E-state index is 14.3. The summed E-state index contributed by atoms with van der Waals surface area (Å²) in [5.41, 5.74) is -2.24. The molecule has 5 atom stereocenters. The maximum atomic E-state index is 14.3. The van der Waals surface area contributed by atoms with Crippen molar-refractivity contribution in [2.75, 3.05) is 20.8 Å². The van der Waals surface area contributed by atoms with Crippen molar-refractivity contribution in [1.29, 1.82) is 0 Å². The van der Waals surface area contributed by atoms with Gasteiger partial charge in [0, 0.05) is 14.2 Å². The molecule has 2 aliphatic heterocycles. The predicted molar refractivity (Wildman–Crippen MR) is 95.0 cm³/mol. The van der Waals surface area contributed by atoms with E-state index >= 15 is 0 Å². The molecule has 0 radical (unpaired) electrons. The quantitative estimate of drug-likeness (QED) is 0.675. The Labute approximate surface area is 168 Å². The highest BCUT2D eigenvalue weighted by Crippen LogP contribution is 2.60. The lowest BCUT2D eigenvalue weighted by molar-refractivity contribution is -0.466. The van der Waals surface area contributed by atoms with E-state index in [1.165, 1.54) is 33.0 Å². The van der Waals surface area contributed by atoms with Crippen LogP contribution >= 0.6 is 0 Å². The number of amides is 1. The number of halogens is 3. The molecule has 1 spiro atoms. The molecule has 3 rings (SSSR count). The fourth-order valence-electron chi connectivity index (χ4n) is 4.41. The van der Waals surface area contributed by atoms with Crippen LogP contribution in [0.4, 0.5) is 18.0 Å². The largest absolute Gasteiger partial charge is 0.444 e. The third kappa shape index (κ3) is 3.62. The summed E-state index contributed by atoms with van der Waals surface area (Å²) >= 11 is 0. The molecule has 1 saturated carbocycles. The fourth-order valence-corrected chi connectivity index (χ4v) is 4.41. The van der Waals surface area contributed by atoms with Gasteiger partial charge in [-0.15, -0.1) is 0 Å². The van der Waals surface area contributed by atoms with Crippen LogP contribution in [-0.4, -0.2) is 72.9 Å². The molecule has 2 saturated heterocycles. The summed E-state index contributed by atoms with van der Waals surface area (Å²) in [6, 6.07) is 0. The minimum atomic E-state index is -4.61. The molecule has 0 aromatic rings. The number of ether oxygens (including phenoxy) is 5. The van der Waals surface area contributed by atoms with Gasteiger partial charge in [0.1, 0.15) is 23.7 Å². The second kappa shape index (κ2) is 6.70. The van der Waals surface area contributed by atoms with Crippen LogP contribution in [-0.2, 0) is 23.7 Å². The maximum Gasteiger partial charge on any atom is 0.410 e. The third-order valence-corrected chi connectivity index (χ3v) is 6.24. The molecule has 1 amide bonds. The Morgan fingerprint density at radius 1 is 1.03 bits per heavy atom. The Morgan fingerprint density at radius 3 is 1.97 bits per heavy atom. The zero-order valence-electron chi connectivity index (χ0n) is 17.9. The molecule has 0 aromatic heterocycles. The molecule has 0 aromatic carbocycles. The van der Waals surface area contributed by atoms with Crippen LogP contribution in [0.25, 0.3) is 0 Å². The highest BCUT2D eigenvalue weighted by atomic mass is 19.4. The molecule has 7 nitrogen and oxygen atoms in total. The third-order valence-electron chi connectivity index (χ3n) is 6.24. The van der Waals surface area contributed by atoms with E-state index in [0.29, 0.717) is 0 Å². The van der Waals surface area contributed by atoms with Gasteiger partial charge in [-0.05, 0) is 47.5 Å². The van der Waals surface area contributed by atoms with E-state index < -0.39 is 53.1 Å². The van der Waals surface area contributed by atoms with Gasteiger partial charge < -0.3 is 23.7 Å². The number of methoxy groups -OCH3 is 2. The molecule has 3 fully saturated rings. The average Bonchev–Trinajstić information content (AvgIpc) is 3.33. The summed E-state index contributed by atoms with van der Waals surface area (Å²) in [5.74, 6) is -4.96. The van der Waals surface area contributed by atoms with Crippen LogP contribution in [0.2, 0.25) is 0 Å². The average molecular weight is 425 g/mol. The van der Waals surface area contributed by atoms with Crippen LogP contribution in [0.1, 0.15) is 47.5 Å². The molecule has 10 heteroatoms. The SMILES string of the molecule is CO[C@@]1(C)O[C@H]2[C@@H](CN(C(=O)OC(C)(C)C)C3(CC3)[C@@H]2C(F)(F)F)O[C@]1(C)OC. The van der Waals surface area contributed by atoms with Crippen molar-refractivity contribution in [3.63, 3.8) is 0 Å². The first-order valence-corrected chi connectivity index (χ1v) is 9.66. The number of rotatable bonds is 2. The lowest BCUT2D eigenvalue weighted by Crippen LogP contribution is -2.74. The van der Waals surface area contributed by atoms with E-state index in [1.807, 2.05) is 0 Å². The fraction of sp³-hybridized carbons (Fsp3) is 0.947. The summed E-state index contributed by atoms with van der Waals surface area (Å²) in [5, 5.41) is 0. The molecular formula is C19H30F3NO6. The number of alkyl halides is 3. The number of nitrogens with zero attached hydrogens (tertiary/aromatic N) is 1. The molecule has 1 aliphatic carbocycles. The first-order valence-electron chi connectivity index (χ1n) is 9.66. The van der Waals surface area contributed by atoms with Gasteiger partial charge in [-0.2, -0.15) is 13.2 Å². The van der Waals surface area contributed by atoms with E-state index in [2.05, 4.69) is 0 Å². The number of fused-ring (bicyclic) bond motifs is 1. The van der Waals surface area contributed by atoms with Gasteiger partial charge in [-0.3, -0.25) is 4.90 Å². The topological polar surface area (TPSA) is 66.5 Å². The normalized spacial score (nSPS) is 39.2. The van der Waals surface area contributed by atoms with Crippen molar-refractivity contribution in [1.82, 2.24) is 4.90 Å². The van der Waals surface area contributed by atoms with E-state index in [0.717, 1.165) is 0 Å². The van der Waals surface area contributed by atoms with E-state index in [-0.39, 0.29) is 19.4 Å². The number of carbonyl (C=O) groups excluding carboxylic acids is 1. The van der Waals surface area contributed by atoms with Crippen LogP contribution < -0.4 is 0 Å². The monoisotopic (exact) mass is 425 g/mol. The summed E-state index contributed by atoms with van der Waals surface area (Å²) in [4.78, 5) is 14.0. The van der Waals surface area contributed by atoms with Crippen molar-refractivity contribution in [3.05, 3.63) is 0 Å². The minimum absolute atomic E-state index is 0.0924. The molecular weight excluding hydrogens is 395 g/mol. The Hall–Kier alpha value is -1.10. The van der Waals surface area contributed by atoms with Gasteiger partial charge in [0.25, 0.3) is 0 Å². The van der Waals surface area contributed by atoms with Crippen molar-refractivity contribution in [2.24, 2.45) is 5.92 Å². The lowest BCUT2D eigenvalue weighted by Gasteiger charge is -2.58. The van der Waals surface area contributed by atoms with Gasteiger partial charge in [-0.1, -0.05) is 0 Å². The second-order valence-corrected chi connectivity index (χ2v) is 9.25. The summed E-state index contributed by atoms with van der Waals surface area (Å²) in [7, 11) is 2.69. The number of carbonyl (C=O) groups is 1. The van der Waals surface area contributed by atoms with Crippen LogP contribution in [0.15, 0.2) is 0 Å². The van der Waals surface area contributed by atoms with Crippen LogP contribution in [0, 0.1) is 5.92 Å². The van der Waals surface area contributed by atoms with E-state index in [4.69, 9.17) is 23.7 Å². The number of hydrogen-bond donors (Lipinski definition) is 0. The summed E-state index contributed by atoms with van der Waals surface area (Å²) in [6.45, 7) is 7.94. The lowest BCUT2D eigenvalue weighted by atomic mass is 9.80. The van der Waals surface area contributed by atoms with Gasteiger partial charge >= 0.3 is 12.3 Å². The minimum Gasteiger partial charge on any atom is -0.444 e. The first kappa shape index (κ1) is 22.6. The number of likely N-dealkylation sites (tertiary alicyclic amines) is 1. The van der Waals surface area contributed by atoms with E-state index in [9.17, 15) is 18.0 Å². The molecule has 3 aliphatic rings. The Balaban J connectivity index is 2.01. The zero-order valence-corrected chi connectivity index (χ0v) is 17.9. The molecule has 0 bridgehead atoms. The Kier molecular flexibility index (Phi) is 5.22. The molecule has 0 N–H and O–H groups in total. The highest BCUT2D eigenvalue weighted by Gasteiger charge is 2.74. The smallest absolute Gasteiger partial charge is 0.410 e. The van der Waals surface area contributed by atoms with Crippen molar-refractivity contribution < 1.29 is 41.7 Å². The van der Waals surface area contributed by atoms with Gasteiger partial charge in [0.05, 0.1) is 12.1 Å².